The molecular weight excluding hydrogens is 372 g/mol. The van der Waals surface area contributed by atoms with Crippen LogP contribution < -0.4 is 9.47 Å². The van der Waals surface area contributed by atoms with E-state index in [4.69, 9.17) is 9.47 Å². The van der Waals surface area contributed by atoms with Gasteiger partial charge in [0.25, 0.3) is 0 Å². The molecule has 7 heteroatoms. The quantitative estimate of drug-likeness (QED) is 0.738. The van der Waals surface area contributed by atoms with Crippen LogP contribution in [0.4, 0.5) is 0 Å². The summed E-state index contributed by atoms with van der Waals surface area (Å²) >= 11 is 0. The number of phenols is 1. The first-order valence-corrected chi connectivity index (χ1v) is 9.77. The Kier molecular flexibility index (Phi) is 7.33. The van der Waals surface area contributed by atoms with Crippen LogP contribution >= 0.6 is 0 Å². The van der Waals surface area contributed by atoms with E-state index in [9.17, 15) is 14.7 Å². The predicted molar refractivity (Wildman–Crippen MR) is 108 cm³/mol. The SMILES string of the molecule is O=C(CCOc1ccccc1)N1CCN(C(=O)CCOc2cccc(O)c2)CC1. The zero-order valence-corrected chi connectivity index (χ0v) is 16.3. The fourth-order valence-corrected chi connectivity index (χ4v) is 3.12. The molecule has 0 bridgehead atoms. The standard InChI is InChI=1S/C22H26N2O5/c25-18-5-4-8-20(17-18)29-16-10-22(27)24-13-11-23(12-14-24)21(26)9-15-28-19-6-2-1-3-7-19/h1-8,17,25H,9-16H2. The van der Waals surface area contributed by atoms with E-state index >= 15 is 0 Å². The average Bonchev–Trinajstić information content (AvgIpc) is 2.74. The summed E-state index contributed by atoms with van der Waals surface area (Å²) in [6, 6.07) is 15.9. The molecule has 0 saturated carbocycles. The summed E-state index contributed by atoms with van der Waals surface area (Å²) in [4.78, 5) is 28.2. The molecule has 1 aliphatic rings. The second kappa shape index (κ2) is 10.4. The number of ether oxygens (including phenoxy) is 2. The lowest BCUT2D eigenvalue weighted by atomic mass is 10.2. The maximum absolute atomic E-state index is 12.3. The minimum atomic E-state index is 0.00432. The van der Waals surface area contributed by atoms with Gasteiger partial charge >= 0.3 is 0 Å². The maximum Gasteiger partial charge on any atom is 0.226 e. The van der Waals surface area contributed by atoms with Crippen molar-refractivity contribution in [3.05, 3.63) is 54.6 Å². The van der Waals surface area contributed by atoms with Gasteiger partial charge < -0.3 is 24.4 Å². The fourth-order valence-electron chi connectivity index (χ4n) is 3.12. The normalized spacial score (nSPS) is 13.8. The molecule has 0 aliphatic carbocycles. The van der Waals surface area contributed by atoms with Crippen LogP contribution in [0.1, 0.15) is 12.8 Å². The zero-order chi connectivity index (χ0) is 20.5. The van der Waals surface area contributed by atoms with Crippen molar-refractivity contribution in [1.29, 1.82) is 0 Å². The van der Waals surface area contributed by atoms with Crippen molar-refractivity contribution in [2.24, 2.45) is 0 Å². The van der Waals surface area contributed by atoms with E-state index in [2.05, 4.69) is 0 Å². The molecule has 7 nitrogen and oxygen atoms in total. The van der Waals surface area contributed by atoms with Gasteiger partial charge in [-0.05, 0) is 24.3 Å². The Morgan fingerprint density at radius 1 is 0.759 bits per heavy atom. The van der Waals surface area contributed by atoms with E-state index in [0.29, 0.717) is 45.0 Å². The lowest BCUT2D eigenvalue weighted by Gasteiger charge is -2.34. The summed E-state index contributed by atoms with van der Waals surface area (Å²) in [5.41, 5.74) is 0. The summed E-state index contributed by atoms with van der Waals surface area (Å²) in [6.45, 7) is 2.70. The third kappa shape index (κ3) is 6.41. The molecule has 0 unspecified atom stereocenters. The van der Waals surface area contributed by atoms with Gasteiger partial charge in [0.05, 0.1) is 26.1 Å². The molecule has 154 valence electrons. The van der Waals surface area contributed by atoms with E-state index < -0.39 is 0 Å². The first kappa shape index (κ1) is 20.5. The van der Waals surface area contributed by atoms with Crippen LogP contribution in [0, 0.1) is 0 Å². The molecule has 29 heavy (non-hydrogen) atoms. The number of aromatic hydroxyl groups is 1. The number of rotatable bonds is 8. The number of hydrogen-bond donors (Lipinski definition) is 1. The monoisotopic (exact) mass is 398 g/mol. The molecule has 0 aromatic heterocycles. The van der Waals surface area contributed by atoms with Crippen molar-refractivity contribution in [2.45, 2.75) is 12.8 Å². The molecule has 1 heterocycles. The van der Waals surface area contributed by atoms with E-state index in [1.54, 1.807) is 28.0 Å². The van der Waals surface area contributed by atoms with Crippen LogP contribution in [-0.2, 0) is 9.59 Å². The third-order valence-corrected chi connectivity index (χ3v) is 4.72. The lowest BCUT2D eigenvalue weighted by molar-refractivity contribution is -0.140. The van der Waals surface area contributed by atoms with Gasteiger partial charge in [0.1, 0.15) is 17.2 Å². The fraction of sp³-hybridized carbons (Fsp3) is 0.364. The number of amides is 2. The number of benzene rings is 2. The first-order chi connectivity index (χ1) is 14.1. The highest BCUT2D eigenvalue weighted by molar-refractivity contribution is 5.78. The molecule has 0 spiro atoms. The highest BCUT2D eigenvalue weighted by Crippen LogP contribution is 2.18. The highest BCUT2D eigenvalue weighted by Gasteiger charge is 2.23. The Balaban J connectivity index is 1.32. The molecule has 2 amide bonds. The Bertz CT molecular complexity index is 804. The van der Waals surface area contributed by atoms with Gasteiger partial charge in [0.2, 0.25) is 11.8 Å². The Labute approximate surface area is 170 Å². The molecule has 2 aromatic rings. The first-order valence-electron chi connectivity index (χ1n) is 9.77. The maximum atomic E-state index is 12.3. The van der Waals surface area contributed by atoms with Gasteiger partial charge in [-0.25, -0.2) is 0 Å². The lowest BCUT2D eigenvalue weighted by Crippen LogP contribution is -2.51. The predicted octanol–water partition coefficient (Wildman–Crippen LogP) is 2.30. The second-order valence-electron chi connectivity index (χ2n) is 6.77. The molecule has 2 aromatic carbocycles. The highest BCUT2D eigenvalue weighted by atomic mass is 16.5. The smallest absolute Gasteiger partial charge is 0.226 e. The topological polar surface area (TPSA) is 79.3 Å². The molecule has 3 rings (SSSR count). The number of carbonyl (C=O) groups is 2. The van der Waals surface area contributed by atoms with E-state index in [0.717, 1.165) is 5.75 Å². The summed E-state index contributed by atoms with van der Waals surface area (Å²) in [5.74, 6) is 1.46. The largest absolute Gasteiger partial charge is 0.508 e. The Morgan fingerprint density at radius 2 is 1.28 bits per heavy atom. The second-order valence-corrected chi connectivity index (χ2v) is 6.77. The summed E-state index contributed by atoms with van der Waals surface area (Å²) in [6.07, 6.45) is 0.578. The molecule has 0 atom stereocenters. The molecular formula is C22H26N2O5. The van der Waals surface area contributed by atoms with Crippen LogP contribution in [-0.4, -0.2) is 66.1 Å². The Hall–Kier alpha value is -3.22. The van der Waals surface area contributed by atoms with Gasteiger partial charge in [-0.15, -0.1) is 0 Å². The van der Waals surface area contributed by atoms with Gasteiger partial charge in [-0.3, -0.25) is 9.59 Å². The van der Waals surface area contributed by atoms with Crippen molar-refractivity contribution in [3.8, 4) is 17.2 Å². The molecule has 1 aliphatic heterocycles. The van der Waals surface area contributed by atoms with Crippen LogP contribution in [0.3, 0.4) is 0 Å². The number of para-hydroxylation sites is 1. The van der Waals surface area contributed by atoms with Gasteiger partial charge in [0, 0.05) is 32.2 Å². The van der Waals surface area contributed by atoms with Crippen molar-refractivity contribution in [1.82, 2.24) is 9.80 Å². The van der Waals surface area contributed by atoms with Gasteiger partial charge in [-0.2, -0.15) is 0 Å². The zero-order valence-electron chi connectivity index (χ0n) is 16.3. The summed E-state index contributed by atoms with van der Waals surface area (Å²) < 4.78 is 11.1. The molecule has 0 radical (unpaired) electrons. The van der Waals surface area contributed by atoms with E-state index in [1.807, 2.05) is 30.3 Å². The minimum absolute atomic E-state index is 0.00432. The van der Waals surface area contributed by atoms with Crippen molar-refractivity contribution in [2.75, 3.05) is 39.4 Å². The number of carbonyl (C=O) groups excluding carboxylic acids is 2. The van der Waals surface area contributed by atoms with E-state index in [-0.39, 0.29) is 30.6 Å². The minimum Gasteiger partial charge on any atom is -0.508 e. The number of hydrogen-bond acceptors (Lipinski definition) is 5. The van der Waals surface area contributed by atoms with Crippen LogP contribution in [0.5, 0.6) is 17.2 Å². The molecule has 1 N–H and O–H groups in total. The number of piperazine rings is 1. The summed E-state index contributed by atoms with van der Waals surface area (Å²) in [5, 5.41) is 9.41. The van der Waals surface area contributed by atoms with E-state index in [1.165, 1.54) is 6.07 Å². The van der Waals surface area contributed by atoms with Crippen LogP contribution in [0.25, 0.3) is 0 Å². The molecule has 1 fully saturated rings. The summed E-state index contributed by atoms with van der Waals surface area (Å²) in [7, 11) is 0. The number of nitrogens with zero attached hydrogens (tertiary/aromatic N) is 2. The van der Waals surface area contributed by atoms with Gasteiger partial charge in [0.15, 0.2) is 0 Å². The third-order valence-electron chi connectivity index (χ3n) is 4.72. The van der Waals surface area contributed by atoms with Crippen LogP contribution in [0.2, 0.25) is 0 Å². The Morgan fingerprint density at radius 3 is 1.83 bits per heavy atom. The average molecular weight is 398 g/mol. The van der Waals surface area contributed by atoms with Crippen LogP contribution in [0.15, 0.2) is 54.6 Å². The number of phenolic OH excluding ortho intramolecular Hbond substituents is 1. The van der Waals surface area contributed by atoms with Crippen molar-refractivity contribution >= 4 is 11.8 Å². The van der Waals surface area contributed by atoms with Crippen molar-refractivity contribution < 1.29 is 24.2 Å². The van der Waals surface area contributed by atoms with Crippen molar-refractivity contribution in [3.63, 3.8) is 0 Å². The van der Waals surface area contributed by atoms with Gasteiger partial charge in [-0.1, -0.05) is 24.3 Å². The molecule has 1 saturated heterocycles.